The highest BCUT2D eigenvalue weighted by Crippen LogP contribution is 2.34. The summed E-state index contributed by atoms with van der Waals surface area (Å²) in [6.07, 6.45) is 7.31. The van der Waals surface area contributed by atoms with Crippen LogP contribution in [0.3, 0.4) is 0 Å². The van der Waals surface area contributed by atoms with Crippen molar-refractivity contribution in [3.8, 4) is 0 Å². The molecule has 2 fully saturated rings. The lowest BCUT2D eigenvalue weighted by atomic mass is 9.84. The van der Waals surface area contributed by atoms with Crippen LogP contribution in [-0.4, -0.2) is 48.8 Å². The summed E-state index contributed by atoms with van der Waals surface area (Å²) < 4.78 is 6.17. The summed E-state index contributed by atoms with van der Waals surface area (Å²) in [5.74, 6) is 0.750. The van der Waals surface area contributed by atoms with Crippen LogP contribution >= 0.6 is 0 Å². The predicted molar refractivity (Wildman–Crippen MR) is 89.7 cm³/mol. The second kappa shape index (κ2) is 7.94. The van der Waals surface area contributed by atoms with Gasteiger partial charge in [-0.25, -0.2) is 0 Å². The molecule has 2 rings (SSSR count). The molecular weight excluding hydrogens is 260 g/mol. The second-order valence-corrected chi connectivity index (χ2v) is 7.29. The SMILES string of the molecule is CCC1CCN(C2CCOC(CC)(CC)C2)CC(C)CN1. The molecule has 2 aliphatic heterocycles. The van der Waals surface area contributed by atoms with Gasteiger partial charge in [0, 0.05) is 25.2 Å². The van der Waals surface area contributed by atoms with Crippen molar-refractivity contribution in [2.45, 2.75) is 83.9 Å². The largest absolute Gasteiger partial charge is 0.375 e. The van der Waals surface area contributed by atoms with Crippen LogP contribution in [0.15, 0.2) is 0 Å². The maximum Gasteiger partial charge on any atom is 0.0692 e. The molecule has 0 saturated carbocycles. The molecule has 0 aromatic rings. The molecule has 3 nitrogen and oxygen atoms in total. The first-order valence-electron chi connectivity index (χ1n) is 9.23. The van der Waals surface area contributed by atoms with Crippen LogP contribution in [0.4, 0.5) is 0 Å². The third-order valence-electron chi connectivity index (χ3n) is 5.83. The van der Waals surface area contributed by atoms with Crippen LogP contribution in [0.1, 0.15) is 66.2 Å². The van der Waals surface area contributed by atoms with E-state index in [2.05, 4.69) is 37.9 Å². The van der Waals surface area contributed by atoms with Crippen LogP contribution in [-0.2, 0) is 4.74 Å². The smallest absolute Gasteiger partial charge is 0.0692 e. The maximum atomic E-state index is 6.17. The average Bonchev–Trinajstić information content (AvgIpc) is 2.51. The summed E-state index contributed by atoms with van der Waals surface area (Å²) in [5.41, 5.74) is 0.150. The number of nitrogens with one attached hydrogen (secondary N) is 1. The van der Waals surface area contributed by atoms with Gasteiger partial charge in [0.05, 0.1) is 5.60 Å². The molecule has 2 saturated heterocycles. The standard InChI is InChI=1S/C18H36N2O/c1-5-16-8-10-20(14-15(4)13-19-16)17-9-11-21-18(6-2,7-3)12-17/h15-17,19H,5-14H2,1-4H3. The average molecular weight is 296 g/mol. The minimum atomic E-state index is 0.150. The number of hydrogen-bond donors (Lipinski definition) is 1. The molecular formula is C18H36N2O. The highest BCUT2D eigenvalue weighted by molar-refractivity contribution is 4.90. The van der Waals surface area contributed by atoms with Gasteiger partial charge in [-0.15, -0.1) is 0 Å². The number of nitrogens with zero attached hydrogens (tertiary/aromatic N) is 1. The summed E-state index contributed by atoms with van der Waals surface area (Å²) in [4.78, 5) is 2.79. The predicted octanol–water partition coefficient (Wildman–Crippen LogP) is 3.43. The first-order valence-corrected chi connectivity index (χ1v) is 9.23. The van der Waals surface area contributed by atoms with Crippen molar-refractivity contribution in [3.63, 3.8) is 0 Å². The van der Waals surface area contributed by atoms with Gasteiger partial charge in [-0.1, -0.05) is 27.7 Å². The zero-order valence-electron chi connectivity index (χ0n) is 14.7. The van der Waals surface area contributed by atoms with Gasteiger partial charge in [-0.2, -0.15) is 0 Å². The third kappa shape index (κ3) is 4.43. The summed E-state index contributed by atoms with van der Waals surface area (Å²) in [6, 6.07) is 1.44. The Balaban J connectivity index is 2.00. The van der Waals surface area contributed by atoms with Gasteiger partial charge in [-0.3, -0.25) is 4.90 Å². The summed E-state index contributed by atoms with van der Waals surface area (Å²) >= 11 is 0. The van der Waals surface area contributed by atoms with Crippen LogP contribution < -0.4 is 5.32 Å². The Labute approximate surface area is 131 Å². The molecule has 0 radical (unpaired) electrons. The number of hydrogen-bond acceptors (Lipinski definition) is 3. The Morgan fingerprint density at radius 2 is 1.95 bits per heavy atom. The monoisotopic (exact) mass is 296 g/mol. The van der Waals surface area contributed by atoms with Gasteiger partial charge < -0.3 is 10.1 Å². The van der Waals surface area contributed by atoms with Crippen molar-refractivity contribution in [2.75, 3.05) is 26.2 Å². The van der Waals surface area contributed by atoms with Gasteiger partial charge in [0.25, 0.3) is 0 Å². The Bertz CT molecular complexity index is 304. The van der Waals surface area contributed by atoms with Crippen molar-refractivity contribution in [2.24, 2.45) is 5.92 Å². The molecule has 0 spiro atoms. The highest BCUT2D eigenvalue weighted by atomic mass is 16.5. The van der Waals surface area contributed by atoms with Crippen molar-refractivity contribution < 1.29 is 4.74 Å². The fraction of sp³-hybridized carbons (Fsp3) is 1.00. The normalized spacial score (nSPS) is 35.1. The minimum Gasteiger partial charge on any atom is -0.375 e. The fourth-order valence-corrected chi connectivity index (χ4v) is 4.08. The van der Waals surface area contributed by atoms with Crippen molar-refractivity contribution in [3.05, 3.63) is 0 Å². The van der Waals surface area contributed by atoms with E-state index in [0.717, 1.165) is 31.4 Å². The molecule has 0 bridgehead atoms. The van der Waals surface area contributed by atoms with E-state index in [1.165, 1.54) is 45.3 Å². The summed E-state index contributed by atoms with van der Waals surface area (Å²) in [6.45, 7) is 13.9. The van der Waals surface area contributed by atoms with Crippen LogP contribution in [0.25, 0.3) is 0 Å². The van der Waals surface area contributed by atoms with E-state index in [0.29, 0.717) is 6.04 Å². The van der Waals surface area contributed by atoms with E-state index in [4.69, 9.17) is 4.74 Å². The lowest BCUT2D eigenvalue weighted by Gasteiger charge is -2.45. The van der Waals surface area contributed by atoms with Gasteiger partial charge in [0.2, 0.25) is 0 Å². The van der Waals surface area contributed by atoms with E-state index in [1.807, 2.05) is 0 Å². The Kier molecular flexibility index (Phi) is 6.51. The molecule has 3 atom stereocenters. The lowest BCUT2D eigenvalue weighted by molar-refractivity contribution is -0.112. The first-order chi connectivity index (χ1) is 10.1. The van der Waals surface area contributed by atoms with Crippen LogP contribution in [0, 0.1) is 5.92 Å². The Hall–Kier alpha value is -0.120. The Morgan fingerprint density at radius 3 is 2.62 bits per heavy atom. The van der Waals surface area contributed by atoms with Crippen LogP contribution in [0.5, 0.6) is 0 Å². The van der Waals surface area contributed by atoms with Gasteiger partial charge in [0.15, 0.2) is 0 Å². The van der Waals surface area contributed by atoms with Crippen molar-refractivity contribution in [1.82, 2.24) is 10.2 Å². The molecule has 3 heteroatoms. The van der Waals surface area contributed by atoms with Crippen molar-refractivity contribution in [1.29, 1.82) is 0 Å². The van der Waals surface area contributed by atoms with Gasteiger partial charge in [-0.05, 0) is 57.5 Å². The van der Waals surface area contributed by atoms with Gasteiger partial charge in [0.1, 0.15) is 0 Å². The highest BCUT2D eigenvalue weighted by Gasteiger charge is 2.37. The van der Waals surface area contributed by atoms with E-state index >= 15 is 0 Å². The first kappa shape index (κ1) is 17.2. The van der Waals surface area contributed by atoms with E-state index in [9.17, 15) is 0 Å². The summed E-state index contributed by atoms with van der Waals surface area (Å²) in [5, 5.41) is 3.73. The molecule has 3 unspecified atom stereocenters. The molecule has 0 aliphatic carbocycles. The molecule has 0 aromatic carbocycles. The molecule has 21 heavy (non-hydrogen) atoms. The quantitative estimate of drug-likeness (QED) is 0.860. The van der Waals surface area contributed by atoms with E-state index in [-0.39, 0.29) is 5.60 Å². The number of rotatable bonds is 4. The van der Waals surface area contributed by atoms with Crippen molar-refractivity contribution >= 4 is 0 Å². The van der Waals surface area contributed by atoms with Crippen LogP contribution in [0.2, 0.25) is 0 Å². The summed E-state index contributed by atoms with van der Waals surface area (Å²) in [7, 11) is 0. The second-order valence-electron chi connectivity index (χ2n) is 7.29. The Morgan fingerprint density at radius 1 is 1.19 bits per heavy atom. The molecule has 2 aliphatic rings. The number of ether oxygens (including phenoxy) is 1. The minimum absolute atomic E-state index is 0.150. The molecule has 124 valence electrons. The maximum absolute atomic E-state index is 6.17. The zero-order chi connectivity index (χ0) is 15.3. The zero-order valence-corrected chi connectivity index (χ0v) is 14.7. The fourth-order valence-electron chi connectivity index (χ4n) is 4.08. The third-order valence-corrected chi connectivity index (χ3v) is 5.83. The van der Waals surface area contributed by atoms with E-state index in [1.54, 1.807) is 0 Å². The molecule has 1 N–H and O–H groups in total. The lowest BCUT2D eigenvalue weighted by Crippen LogP contribution is -2.52. The molecule has 0 aromatic heterocycles. The van der Waals surface area contributed by atoms with E-state index < -0.39 is 0 Å². The topological polar surface area (TPSA) is 24.5 Å². The molecule has 2 heterocycles. The van der Waals surface area contributed by atoms with Gasteiger partial charge >= 0.3 is 0 Å². The molecule has 0 amide bonds.